The van der Waals surface area contributed by atoms with E-state index in [-0.39, 0.29) is 11.9 Å². The molecule has 1 heterocycles. The first-order valence-electron chi connectivity index (χ1n) is 9.90. The number of hydrogen-bond acceptors (Lipinski definition) is 6. The highest BCUT2D eigenvalue weighted by molar-refractivity contribution is 6.05. The van der Waals surface area contributed by atoms with Crippen LogP contribution in [0.5, 0.6) is 5.75 Å². The lowest BCUT2D eigenvalue weighted by atomic mass is 10.1. The Labute approximate surface area is 175 Å². The molecule has 0 unspecified atom stereocenters. The minimum atomic E-state index is -1.03. The number of benzene rings is 2. The number of hydrogen-bond donors (Lipinski definition) is 1. The summed E-state index contributed by atoms with van der Waals surface area (Å²) in [7, 11) is 0. The fourth-order valence-corrected chi connectivity index (χ4v) is 3.07. The molecule has 2 aromatic rings. The lowest BCUT2D eigenvalue weighted by Crippen LogP contribution is -2.30. The van der Waals surface area contributed by atoms with Crippen molar-refractivity contribution in [3.8, 4) is 5.75 Å². The SMILES string of the molecule is CC(=O)c1ccccc1NC(=O)[C@H](C)OC(=O)c1ccc(OC[C@H]2CCCO2)cc1. The summed E-state index contributed by atoms with van der Waals surface area (Å²) >= 11 is 0. The second kappa shape index (κ2) is 10.0. The molecule has 0 spiro atoms. The molecule has 158 valence electrons. The molecule has 1 amide bonds. The zero-order valence-electron chi connectivity index (χ0n) is 17.1. The van der Waals surface area contributed by atoms with Crippen LogP contribution in [0.3, 0.4) is 0 Å². The predicted molar refractivity (Wildman–Crippen MR) is 111 cm³/mol. The summed E-state index contributed by atoms with van der Waals surface area (Å²) in [5.74, 6) is -0.678. The van der Waals surface area contributed by atoms with E-state index in [0.717, 1.165) is 19.4 Å². The number of esters is 1. The molecule has 2 atom stereocenters. The maximum Gasteiger partial charge on any atom is 0.338 e. The second-order valence-electron chi connectivity index (χ2n) is 7.11. The third-order valence-electron chi connectivity index (χ3n) is 4.77. The van der Waals surface area contributed by atoms with Gasteiger partial charge >= 0.3 is 5.97 Å². The molecule has 0 radical (unpaired) electrons. The average Bonchev–Trinajstić information content (AvgIpc) is 3.26. The fourth-order valence-electron chi connectivity index (χ4n) is 3.07. The summed E-state index contributed by atoms with van der Waals surface area (Å²) in [5, 5.41) is 2.63. The average molecular weight is 411 g/mol. The molecule has 2 aromatic carbocycles. The van der Waals surface area contributed by atoms with Crippen molar-refractivity contribution in [3.63, 3.8) is 0 Å². The molecule has 0 saturated carbocycles. The predicted octanol–water partition coefficient (Wildman–Crippen LogP) is 3.63. The molecular formula is C23H25NO6. The van der Waals surface area contributed by atoms with E-state index in [9.17, 15) is 14.4 Å². The summed E-state index contributed by atoms with van der Waals surface area (Å²) < 4.78 is 16.4. The van der Waals surface area contributed by atoms with Gasteiger partial charge in [-0.3, -0.25) is 9.59 Å². The zero-order chi connectivity index (χ0) is 21.5. The summed E-state index contributed by atoms with van der Waals surface area (Å²) in [6.07, 6.45) is 1.11. The standard InChI is InChI=1S/C23H25NO6/c1-15(25)20-7-3-4-8-21(20)24-22(26)16(2)30-23(27)17-9-11-18(12-10-17)29-14-19-6-5-13-28-19/h3-4,7-12,16,19H,5-6,13-14H2,1-2H3,(H,24,26)/t16-,19+/m0/s1. The van der Waals surface area contributed by atoms with Gasteiger partial charge in [-0.25, -0.2) is 4.79 Å². The topological polar surface area (TPSA) is 90.9 Å². The molecule has 0 aliphatic carbocycles. The Morgan fingerprint density at radius 2 is 1.87 bits per heavy atom. The summed E-state index contributed by atoms with van der Waals surface area (Å²) in [4.78, 5) is 36.4. The van der Waals surface area contributed by atoms with Crippen LogP contribution in [0.2, 0.25) is 0 Å². The van der Waals surface area contributed by atoms with Crippen LogP contribution < -0.4 is 10.1 Å². The molecule has 1 saturated heterocycles. The lowest BCUT2D eigenvalue weighted by Gasteiger charge is -2.15. The molecule has 0 bridgehead atoms. The van der Waals surface area contributed by atoms with Crippen molar-refractivity contribution in [2.24, 2.45) is 0 Å². The smallest absolute Gasteiger partial charge is 0.338 e. The van der Waals surface area contributed by atoms with Crippen LogP contribution in [0.1, 0.15) is 47.4 Å². The molecule has 7 heteroatoms. The van der Waals surface area contributed by atoms with Gasteiger partial charge in [0.25, 0.3) is 5.91 Å². The number of carbonyl (C=O) groups excluding carboxylic acids is 3. The minimum absolute atomic E-state index is 0.113. The Balaban J connectivity index is 1.53. The van der Waals surface area contributed by atoms with E-state index in [0.29, 0.717) is 29.2 Å². The third kappa shape index (κ3) is 5.67. The number of nitrogens with one attached hydrogen (secondary N) is 1. The summed E-state index contributed by atoms with van der Waals surface area (Å²) in [6, 6.07) is 13.2. The van der Waals surface area contributed by atoms with Gasteiger partial charge in [0.1, 0.15) is 12.4 Å². The quantitative estimate of drug-likeness (QED) is 0.527. The maximum atomic E-state index is 12.4. The Bertz CT molecular complexity index is 902. The largest absolute Gasteiger partial charge is 0.491 e. The lowest BCUT2D eigenvalue weighted by molar-refractivity contribution is -0.123. The van der Waals surface area contributed by atoms with Crippen molar-refractivity contribution in [1.29, 1.82) is 0 Å². The highest BCUT2D eigenvalue weighted by Gasteiger charge is 2.21. The number of amides is 1. The van der Waals surface area contributed by atoms with Gasteiger partial charge in [0.05, 0.1) is 17.4 Å². The van der Waals surface area contributed by atoms with Crippen LogP contribution in [-0.4, -0.2) is 43.1 Å². The summed E-state index contributed by atoms with van der Waals surface area (Å²) in [5.41, 5.74) is 1.08. The zero-order valence-corrected chi connectivity index (χ0v) is 17.1. The minimum Gasteiger partial charge on any atom is -0.491 e. The van der Waals surface area contributed by atoms with E-state index >= 15 is 0 Å². The van der Waals surface area contributed by atoms with Gasteiger partial charge < -0.3 is 19.5 Å². The van der Waals surface area contributed by atoms with Crippen LogP contribution in [0, 0.1) is 0 Å². The van der Waals surface area contributed by atoms with Gasteiger partial charge in [0.15, 0.2) is 11.9 Å². The van der Waals surface area contributed by atoms with E-state index < -0.39 is 18.0 Å². The highest BCUT2D eigenvalue weighted by atomic mass is 16.5. The number of ether oxygens (including phenoxy) is 3. The first kappa shape index (κ1) is 21.5. The van der Waals surface area contributed by atoms with Gasteiger partial charge in [-0.15, -0.1) is 0 Å². The first-order valence-corrected chi connectivity index (χ1v) is 9.90. The monoisotopic (exact) mass is 411 g/mol. The number of para-hydroxylation sites is 1. The van der Waals surface area contributed by atoms with Gasteiger partial charge in [0.2, 0.25) is 0 Å². The van der Waals surface area contributed by atoms with Crippen molar-refractivity contribution in [3.05, 3.63) is 59.7 Å². The number of anilines is 1. The number of Topliss-reactive ketones (excluding diaryl/α,β-unsaturated/α-hetero) is 1. The Kier molecular flexibility index (Phi) is 7.19. The van der Waals surface area contributed by atoms with Gasteiger partial charge in [-0.2, -0.15) is 0 Å². The maximum absolute atomic E-state index is 12.4. The van der Waals surface area contributed by atoms with Crippen molar-refractivity contribution < 1.29 is 28.6 Å². The van der Waals surface area contributed by atoms with E-state index in [1.54, 1.807) is 48.5 Å². The highest BCUT2D eigenvalue weighted by Crippen LogP contribution is 2.18. The molecule has 0 aromatic heterocycles. The van der Waals surface area contributed by atoms with Gasteiger partial charge in [0, 0.05) is 12.2 Å². The molecule has 1 aliphatic rings. The van der Waals surface area contributed by atoms with Crippen molar-refractivity contribution in [2.45, 2.75) is 38.9 Å². The van der Waals surface area contributed by atoms with Gasteiger partial charge in [-0.05, 0) is 63.1 Å². The molecule has 3 rings (SSSR count). The molecular weight excluding hydrogens is 386 g/mol. The van der Waals surface area contributed by atoms with Crippen LogP contribution in [0.25, 0.3) is 0 Å². The Hall–Kier alpha value is -3.19. The van der Waals surface area contributed by atoms with E-state index in [2.05, 4.69) is 5.32 Å². The molecule has 1 aliphatic heterocycles. The van der Waals surface area contributed by atoms with Crippen molar-refractivity contribution in [1.82, 2.24) is 0 Å². The normalized spacial score (nSPS) is 16.5. The van der Waals surface area contributed by atoms with Crippen LogP contribution >= 0.6 is 0 Å². The van der Waals surface area contributed by atoms with Crippen LogP contribution in [0.4, 0.5) is 5.69 Å². The number of rotatable bonds is 8. The van der Waals surface area contributed by atoms with Crippen LogP contribution in [-0.2, 0) is 14.3 Å². The Morgan fingerprint density at radius 3 is 2.53 bits per heavy atom. The van der Waals surface area contributed by atoms with E-state index in [1.807, 2.05) is 0 Å². The van der Waals surface area contributed by atoms with Crippen molar-refractivity contribution >= 4 is 23.3 Å². The van der Waals surface area contributed by atoms with E-state index in [1.165, 1.54) is 13.8 Å². The molecule has 1 fully saturated rings. The third-order valence-corrected chi connectivity index (χ3v) is 4.77. The molecule has 7 nitrogen and oxygen atoms in total. The second-order valence-corrected chi connectivity index (χ2v) is 7.11. The van der Waals surface area contributed by atoms with Gasteiger partial charge in [-0.1, -0.05) is 12.1 Å². The van der Waals surface area contributed by atoms with E-state index in [4.69, 9.17) is 14.2 Å². The first-order chi connectivity index (χ1) is 14.4. The summed E-state index contributed by atoms with van der Waals surface area (Å²) in [6.45, 7) is 4.14. The molecule has 1 N–H and O–H groups in total. The number of ketones is 1. The molecule has 30 heavy (non-hydrogen) atoms. The Morgan fingerprint density at radius 1 is 1.13 bits per heavy atom. The number of carbonyl (C=O) groups is 3. The fraction of sp³-hybridized carbons (Fsp3) is 0.348. The van der Waals surface area contributed by atoms with Crippen molar-refractivity contribution in [2.75, 3.05) is 18.5 Å². The van der Waals surface area contributed by atoms with Crippen LogP contribution in [0.15, 0.2) is 48.5 Å².